The first-order valence-electron chi connectivity index (χ1n) is 32.7. The molecule has 0 radical (unpaired) electrons. The van der Waals surface area contributed by atoms with Crippen LogP contribution in [0.2, 0.25) is 0 Å². The Labute approximate surface area is 578 Å². The van der Waals surface area contributed by atoms with Gasteiger partial charge in [0.25, 0.3) is 5.91 Å². The van der Waals surface area contributed by atoms with Gasteiger partial charge in [-0.3, -0.25) is 77.2 Å². The van der Waals surface area contributed by atoms with Crippen LogP contribution in [0.4, 0.5) is 0 Å². The van der Waals surface area contributed by atoms with Gasteiger partial charge in [-0.15, -0.1) is 0 Å². The number of likely N-dealkylation sites (N-methyl/N-ethyl adjacent to an activating group) is 5. The van der Waals surface area contributed by atoms with Gasteiger partial charge in [-0.05, 0) is 96.0 Å². The van der Waals surface area contributed by atoms with Gasteiger partial charge in [0.15, 0.2) is 28.7 Å². The summed E-state index contributed by atoms with van der Waals surface area (Å²) in [7, 11) is 6.64. The second kappa shape index (κ2) is 39.6. The van der Waals surface area contributed by atoms with Crippen LogP contribution in [0.15, 0.2) is 69.6 Å². The summed E-state index contributed by atoms with van der Waals surface area (Å²) in [6.45, 7) is 2.53. The van der Waals surface area contributed by atoms with E-state index in [1.54, 1.807) is 27.7 Å². The number of phenolic OH excluding ortho intramolecular Hbond substituents is 1. The number of hydrogen-bond acceptors (Lipinski definition) is 23. The molecule has 10 atom stereocenters. The molecular formula is C65H96N18O17. The van der Waals surface area contributed by atoms with E-state index in [1.165, 1.54) is 102 Å². The largest absolute Gasteiger partial charge is 0.508 e. The van der Waals surface area contributed by atoms with Crippen LogP contribution in [0.5, 0.6) is 5.75 Å². The van der Waals surface area contributed by atoms with Gasteiger partial charge in [0.1, 0.15) is 54.4 Å². The van der Waals surface area contributed by atoms with Gasteiger partial charge >= 0.3 is 11.9 Å². The minimum Gasteiger partial charge on any atom is -0.508 e. The molecule has 9 amide bonds. The summed E-state index contributed by atoms with van der Waals surface area (Å²) in [5.74, 6) is -19.0. The summed E-state index contributed by atoms with van der Waals surface area (Å²) >= 11 is 0. The van der Waals surface area contributed by atoms with E-state index >= 15 is 38.4 Å². The number of aromatic hydroxyl groups is 1. The number of ketones is 3. The normalized spacial score (nSPS) is 16.8. The number of nitrogens with two attached hydrogens (primary N) is 2. The zero-order valence-corrected chi connectivity index (χ0v) is 57.7. The summed E-state index contributed by atoms with van der Waals surface area (Å²) in [5, 5.41) is 60.2. The molecule has 1 saturated heterocycles. The van der Waals surface area contributed by atoms with E-state index in [-0.39, 0.29) is 86.8 Å². The average Bonchev–Trinajstić information content (AvgIpc) is 0.789. The Balaban J connectivity index is 1.83. The lowest BCUT2D eigenvalue weighted by Gasteiger charge is -2.50. The van der Waals surface area contributed by atoms with Crippen molar-refractivity contribution in [2.24, 2.45) is 38.3 Å². The third kappa shape index (κ3) is 21.0. The van der Waals surface area contributed by atoms with Crippen LogP contribution in [-0.2, 0) is 79.0 Å². The SMILES string of the molecule is CC[C@H](C)[C@H](NC(=O)[C@H](Cc1ccc(O)cc1)NC(=O)[C@@H](NC(=O)[C@H](CCCN=C(N)N)NC(=O)[C@H](CC(=O)O)NC(=O)CNC)C(C)C)C(=O)N[C@@H](CC1C=NC=N1)C(=O)N1CCC[C@H]1C(=O)N(C(=O)CNC)[C@@](C(=O)O)(C(=O)CNC)C(C(=O)CNC)(C(=O)CNC)c1ccccc1. The molecule has 1 fully saturated rings. The van der Waals surface area contributed by atoms with E-state index in [1.807, 2.05) is 0 Å². The van der Waals surface area contributed by atoms with Crippen molar-refractivity contribution in [3.8, 4) is 5.75 Å². The number of nitrogens with zero attached hydrogens (tertiary/aromatic N) is 5. The molecule has 0 saturated carbocycles. The smallest absolute Gasteiger partial charge is 0.339 e. The summed E-state index contributed by atoms with van der Waals surface area (Å²) in [6.07, 6.45) is 0.848. The number of carbonyl (C=O) groups excluding carboxylic acids is 12. The van der Waals surface area contributed by atoms with Crippen LogP contribution in [0.3, 0.4) is 0 Å². The quantitative estimate of drug-likeness (QED) is 0.0128. The number of hydrogen-bond donors (Lipinski definition) is 16. The van der Waals surface area contributed by atoms with Crippen molar-refractivity contribution >= 4 is 101 Å². The Morgan fingerprint density at radius 1 is 0.660 bits per heavy atom. The Morgan fingerprint density at radius 2 is 1.21 bits per heavy atom. The van der Waals surface area contributed by atoms with Crippen LogP contribution >= 0.6 is 0 Å². The lowest BCUT2D eigenvalue weighted by atomic mass is 9.57. The molecule has 2 aromatic carbocycles. The lowest BCUT2D eigenvalue weighted by Crippen LogP contribution is -2.81. The predicted molar refractivity (Wildman–Crippen MR) is 365 cm³/mol. The number of carboxylic acids is 2. The maximum atomic E-state index is 16.0. The molecule has 2 aliphatic rings. The minimum absolute atomic E-state index is 0.0118. The lowest BCUT2D eigenvalue weighted by molar-refractivity contribution is -0.181. The van der Waals surface area contributed by atoms with E-state index in [0.29, 0.717) is 5.56 Å². The zero-order valence-electron chi connectivity index (χ0n) is 57.7. The number of carboxylic acid groups (broad SMARTS) is 2. The number of Topliss-reactive ketones (excluding diaryl/α,β-unsaturated/α-hetero) is 3. The number of rotatable bonds is 43. The third-order valence-corrected chi connectivity index (χ3v) is 16.9. The third-order valence-electron chi connectivity index (χ3n) is 16.9. The summed E-state index contributed by atoms with van der Waals surface area (Å²) in [6, 6.07) is 0.105. The van der Waals surface area contributed by atoms with Crippen LogP contribution < -0.4 is 70.0 Å². The first-order valence-corrected chi connectivity index (χ1v) is 32.7. The molecule has 35 nitrogen and oxygen atoms in total. The zero-order chi connectivity index (χ0) is 74.6. The molecule has 0 bridgehead atoms. The van der Waals surface area contributed by atoms with E-state index in [4.69, 9.17) is 11.5 Å². The second-order valence-electron chi connectivity index (χ2n) is 24.5. The number of aliphatic imine (C=N–C) groups is 3. The number of guanidine groups is 1. The molecule has 548 valence electrons. The maximum absolute atomic E-state index is 16.0. The molecule has 0 aromatic heterocycles. The van der Waals surface area contributed by atoms with Gasteiger partial charge in [0, 0.05) is 32.1 Å². The standard InChI is InChI=1S/C65H96N18O17/c1-10-37(4)54(81-57(94)43(26-38-20-22-41(84)23-21-38)78-58(95)53(36(2)3)80-55(92)42(18-14-24-74-63(66)67)77-56(93)44(28-52(90)91)76-50(88)33-71-8)59(96)79-45(27-40-29-73-35-75-40)60(97)82-25-15-19-46(82)61(98)83(51(89)34-72-9)65(62(99)100,49(87)32-70-7)64(47(85)30-68-5,48(86)31-69-6)39-16-12-11-13-17-39/h11-13,16-17,20-23,29,35-37,40,42-46,53-54,68-72,84H,10,14-15,18-19,24-28,30-34H2,1-9H3,(H,76,88)(H,77,93)(H,78,95)(H,79,96)(H,80,92)(H,81,94)(H,90,91)(H,99,100)(H4,66,67,74)/t37-,40?,42-,43-,44-,45-,46-,53-,54-,65+/m0/s1. The highest BCUT2D eigenvalue weighted by Crippen LogP contribution is 2.45. The minimum atomic E-state index is -3.72. The van der Waals surface area contributed by atoms with Gasteiger partial charge in [0.05, 0.1) is 45.2 Å². The van der Waals surface area contributed by atoms with Crippen molar-refractivity contribution in [1.29, 1.82) is 0 Å². The summed E-state index contributed by atoms with van der Waals surface area (Å²) < 4.78 is 0. The summed E-state index contributed by atoms with van der Waals surface area (Å²) in [5.41, 5.74) is 4.11. The van der Waals surface area contributed by atoms with Crippen molar-refractivity contribution in [3.63, 3.8) is 0 Å². The number of phenols is 1. The van der Waals surface area contributed by atoms with E-state index in [9.17, 15) is 44.1 Å². The topological polar surface area (TPSA) is 528 Å². The number of aliphatic carboxylic acids is 2. The molecule has 4 rings (SSSR count). The fraction of sp³-hybridized carbons (Fsp3) is 0.554. The first-order chi connectivity index (χ1) is 47.5. The predicted octanol–water partition coefficient (Wildman–Crippen LogP) is -5.14. The van der Waals surface area contributed by atoms with E-state index in [2.05, 4.69) is 73.5 Å². The molecule has 35 heteroatoms. The average molecular weight is 1400 g/mol. The van der Waals surface area contributed by atoms with Crippen molar-refractivity contribution in [3.05, 3.63) is 65.7 Å². The number of carbonyl (C=O) groups is 14. The monoisotopic (exact) mass is 1400 g/mol. The molecule has 2 aliphatic heterocycles. The van der Waals surface area contributed by atoms with Gasteiger partial charge in [-0.2, -0.15) is 0 Å². The fourth-order valence-corrected chi connectivity index (χ4v) is 11.9. The van der Waals surface area contributed by atoms with Crippen molar-refractivity contribution < 1.29 is 82.4 Å². The highest BCUT2D eigenvalue weighted by Gasteiger charge is 2.74. The van der Waals surface area contributed by atoms with E-state index < -0.39 is 186 Å². The first kappa shape index (κ1) is 82.5. The van der Waals surface area contributed by atoms with Crippen molar-refractivity contribution in [1.82, 2.24) is 68.3 Å². The molecule has 0 aliphatic carbocycles. The van der Waals surface area contributed by atoms with Crippen molar-refractivity contribution in [2.45, 2.75) is 138 Å². The van der Waals surface area contributed by atoms with E-state index in [0.717, 1.165) is 4.90 Å². The molecular weight excluding hydrogens is 1300 g/mol. The van der Waals surface area contributed by atoms with Crippen LogP contribution in [0.25, 0.3) is 0 Å². The van der Waals surface area contributed by atoms with Gasteiger partial charge < -0.3 is 90.2 Å². The molecule has 2 aromatic rings. The Morgan fingerprint density at radius 3 is 1.75 bits per heavy atom. The number of benzene rings is 2. The fourth-order valence-electron chi connectivity index (χ4n) is 11.9. The van der Waals surface area contributed by atoms with Crippen LogP contribution in [0, 0.1) is 11.8 Å². The molecule has 18 N–H and O–H groups in total. The molecule has 1 unspecified atom stereocenters. The Bertz CT molecular complexity index is 3320. The van der Waals surface area contributed by atoms with Crippen LogP contribution in [0.1, 0.15) is 83.8 Å². The van der Waals surface area contributed by atoms with Crippen LogP contribution in [-0.4, -0.2) is 261 Å². The molecule has 0 spiro atoms. The Kier molecular flexibility index (Phi) is 32.6. The number of likely N-dealkylation sites (tertiary alicyclic amines) is 1. The number of imide groups is 1. The maximum Gasteiger partial charge on any atom is 0.339 e. The van der Waals surface area contributed by atoms with Crippen molar-refractivity contribution in [2.75, 3.05) is 81.1 Å². The number of amides is 9. The van der Waals surface area contributed by atoms with Gasteiger partial charge in [-0.25, -0.2) is 9.79 Å². The molecule has 100 heavy (non-hydrogen) atoms. The molecule has 2 heterocycles. The summed E-state index contributed by atoms with van der Waals surface area (Å²) in [4.78, 5) is 217. The highest BCUT2D eigenvalue weighted by molar-refractivity contribution is 6.30. The second-order valence-corrected chi connectivity index (χ2v) is 24.5. The Hall–Kier alpha value is -9.97. The highest BCUT2D eigenvalue weighted by atomic mass is 16.4. The van der Waals surface area contributed by atoms with Gasteiger partial charge in [-0.1, -0.05) is 76.6 Å². The van der Waals surface area contributed by atoms with Gasteiger partial charge in [0.2, 0.25) is 52.8 Å². The number of nitrogens with one attached hydrogen (secondary N) is 11.